The van der Waals surface area contributed by atoms with Crippen LogP contribution in [0.15, 0.2) is 53.4 Å². The van der Waals surface area contributed by atoms with Gasteiger partial charge in [-0.05, 0) is 41.8 Å². The zero-order valence-electron chi connectivity index (χ0n) is 10.9. The molecule has 0 bridgehead atoms. The van der Waals surface area contributed by atoms with Crippen molar-refractivity contribution in [2.24, 2.45) is 0 Å². The second-order valence-corrected chi connectivity index (χ2v) is 4.91. The molecule has 0 spiro atoms. The third kappa shape index (κ3) is 2.78. The first-order valence-corrected chi connectivity index (χ1v) is 7.06. The van der Waals surface area contributed by atoms with Crippen LogP contribution in [0.2, 0.25) is 0 Å². The van der Waals surface area contributed by atoms with Gasteiger partial charge in [0.25, 0.3) is 0 Å². The lowest BCUT2D eigenvalue weighted by Gasteiger charge is -2.06. The molecule has 0 atom stereocenters. The highest BCUT2D eigenvalue weighted by atomic mass is 32.1. The quantitative estimate of drug-likeness (QED) is 0.787. The minimum Gasteiger partial charge on any atom is -0.497 e. The Hall–Kier alpha value is -2.40. The summed E-state index contributed by atoms with van der Waals surface area (Å²) >= 11 is 1.65. The monoisotopic (exact) mass is 283 g/mol. The zero-order valence-corrected chi connectivity index (χ0v) is 11.7. The Labute approximate surface area is 121 Å². The molecule has 1 N–H and O–H groups in total. The maximum atomic E-state index is 5.13. The van der Waals surface area contributed by atoms with E-state index in [0.29, 0.717) is 5.95 Å². The number of thiophene rings is 1. The van der Waals surface area contributed by atoms with Crippen LogP contribution in [0.25, 0.3) is 11.3 Å². The van der Waals surface area contributed by atoms with Gasteiger partial charge in [0.1, 0.15) is 5.75 Å². The summed E-state index contributed by atoms with van der Waals surface area (Å²) in [6.07, 6.45) is 1.76. The van der Waals surface area contributed by atoms with Crippen LogP contribution >= 0.6 is 11.3 Å². The number of ether oxygens (including phenoxy) is 1. The molecule has 0 fully saturated rings. The number of methoxy groups -OCH3 is 1. The standard InChI is InChI=1S/C15H13N3OS/c1-19-13-4-2-12(3-5-13)17-15-16-8-6-14(18-15)11-7-9-20-10-11/h2-10H,1H3,(H,16,17,18). The molecule has 1 aromatic carbocycles. The Kier molecular flexibility index (Phi) is 3.60. The third-order valence-corrected chi connectivity index (χ3v) is 3.50. The average molecular weight is 283 g/mol. The summed E-state index contributed by atoms with van der Waals surface area (Å²) < 4.78 is 5.13. The van der Waals surface area contributed by atoms with Gasteiger partial charge in [-0.2, -0.15) is 11.3 Å². The van der Waals surface area contributed by atoms with E-state index in [-0.39, 0.29) is 0 Å². The molecule has 0 saturated carbocycles. The predicted molar refractivity (Wildman–Crippen MR) is 81.6 cm³/mol. The third-order valence-electron chi connectivity index (χ3n) is 2.82. The van der Waals surface area contributed by atoms with Gasteiger partial charge in [-0.25, -0.2) is 9.97 Å². The molecule has 0 radical (unpaired) electrons. The van der Waals surface area contributed by atoms with Crippen LogP contribution in [0.1, 0.15) is 0 Å². The highest BCUT2D eigenvalue weighted by Crippen LogP contribution is 2.22. The molecular formula is C15H13N3OS. The van der Waals surface area contributed by atoms with Crippen LogP contribution in [-0.2, 0) is 0 Å². The number of rotatable bonds is 4. The molecule has 100 valence electrons. The van der Waals surface area contributed by atoms with Crippen molar-refractivity contribution in [1.82, 2.24) is 9.97 Å². The molecule has 3 rings (SSSR count). The fourth-order valence-electron chi connectivity index (χ4n) is 1.79. The Balaban J connectivity index is 1.82. The number of hydrogen-bond donors (Lipinski definition) is 1. The maximum absolute atomic E-state index is 5.13. The molecule has 0 aliphatic heterocycles. The molecule has 2 heterocycles. The molecule has 5 heteroatoms. The molecule has 2 aromatic heterocycles. The van der Waals surface area contributed by atoms with Gasteiger partial charge in [-0.1, -0.05) is 0 Å². The molecule has 0 unspecified atom stereocenters. The molecule has 3 aromatic rings. The fourth-order valence-corrected chi connectivity index (χ4v) is 2.44. The summed E-state index contributed by atoms with van der Waals surface area (Å²) in [5.74, 6) is 1.40. The highest BCUT2D eigenvalue weighted by molar-refractivity contribution is 7.08. The number of benzene rings is 1. The second-order valence-electron chi connectivity index (χ2n) is 4.13. The van der Waals surface area contributed by atoms with Gasteiger partial charge in [0.15, 0.2) is 0 Å². The Bertz CT molecular complexity index is 681. The topological polar surface area (TPSA) is 47.0 Å². The van der Waals surface area contributed by atoms with E-state index in [1.165, 1.54) is 0 Å². The van der Waals surface area contributed by atoms with Crippen molar-refractivity contribution in [2.45, 2.75) is 0 Å². The fraction of sp³-hybridized carbons (Fsp3) is 0.0667. The van der Waals surface area contributed by atoms with E-state index in [1.54, 1.807) is 24.6 Å². The van der Waals surface area contributed by atoms with Gasteiger partial charge in [-0.15, -0.1) is 0 Å². The Morgan fingerprint density at radius 2 is 1.95 bits per heavy atom. The molecule has 0 aliphatic carbocycles. The van der Waals surface area contributed by atoms with E-state index in [1.807, 2.05) is 41.8 Å². The minimum atomic E-state index is 0.582. The summed E-state index contributed by atoms with van der Waals surface area (Å²) in [6.45, 7) is 0. The van der Waals surface area contributed by atoms with Crippen molar-refractivity contribution < 1.29 is 4.74 Å². The van der Waals surface area contributed by atoms with E-state index in [0.717, 1.165) is 22.7 Å². The summed E-state index contributed by atoms with van der Waals surface area (Å²) in [7, 11) is 1.65. The van der Waals surface area contributed by atoms with Crippen LogP contribution in [0, 0.1) is 0 Å². The van der Waals surface area contributed by atoms with Crippen molar-refractivity contribution in [2.75, 3.05) is 12.4 Å². The molecule has 20 heavy (non-hydrogen) atoms. The number of nitrogens with one attached hydrogen (secondary N) is 1. The first kappa shape index (κ1) is 12.6. The van der Waals surface area contributed by atoms with Crippen molar-refractivity contribution in [3.63, 3.8) is 0 Å². The molecular weight excluding hydrogens is 270 g/mol. The van der Waals surface area contributed by atoms with Gasteiger partial charge in [0.05, 0.1) is 12.8 Å². The van der Waals surface area contributed by atoms with Crippen LogP contribution in [0.3, 0.4) is 0 Å². The molecule has 0 saturated heterocycles. The van der Waals surface area contributed by atoms with E-state index in [2.05, 4.69) is 20.7 Å². The van der Waals surface area contributed by atoms with Crippen LogP contribution in [0.5, 0.6) is 5.75 Å². The lowest BCUT2D eigenvalue weighted by Crippen LogP contribution is -1.97. The number of aromatic nitrogens is 2. The van der Waals surface area contributed by atoms with Crippen molar-refractivity contribution >= 4 is 23.0 Å². The first-order valence-electron chi connectivity index (χ1n) is 6.12. The molecule has 4 nitrogen and oxygen atoms in total. The van der Waals surface area contributed by atoms with E-state index < -0.39 is 0 Å². The maximum Gasteiger partial charge on any atom is 0.227 e. The summed E-state index contributed by atoms with van der Waals surface area (Å²) in [6, 6.07) is 11.6. The number of anilines is 2. The second kappa shape index (κ2) is 5.71. The van der Waals surface area contributed by atoms with Gasteiger partial charge in [0.2, 0.25) is 5.95 Å². The SMILES string of the molecule is COc1ccc(Nc2nccc(-c3ccsc3)n2)cc1. The Morgan fingerprint density at radius 3 is 2.65 bits per heavy atom. The van der Waals surface area contributed by atoms with Crippen molar-refractivity contribution in [3.8, 4) is 17.0 Å². The predicted octanol–water partition coefficient (Wildman–Crippen LogP) is 3.96. The van der Waals surface area contributed by atoms with Gasteiger partial charge in [0, 0.05) is 22.8 Å². The minimum absolute atomic E-state index is 0.582. The van der Waals surface area contributed by atoms with Gasteiger partial charge < -0.3 is 10.1 Å². The lowest BCUT2D eigenvalue weighted by atomic mass is 10.2. The van der Waals surface area contributed by atoms with Gasteiger partial charge in [-0.3, -0.25) is 0 Å². The average Bonchev–Trinajstić information content (AvgIpc) is 3.03. The summed E-state index contributed by atoms with van der Waals surface area (Å²) in [5.41, 5.74) is 2.95. The smallest absolute Gasteiger partial charge is 0.227 e. The van der Waals surface area contributed by atoms with Crippen molar-refractivity contribution in [3.05, 3.63) is 53.4 Å². The molecule has 0 aliphatic rings. The van der Waals surface area contributed by atoms with Crippen molar-refractivity contribution in [1.29, 1.82) is 0 Å². The van der Waals surface area contributed by atoms with E-state index >= 15 is 0 Å². The van der Waals surface area contributed by atoms with Gasteiger partial charge >= 0.3 is 0 Å². The lowest BCUT2D eigenvalue weighted by molar-refractivity contribution is 0.415. The van der Waals surface area contributed by atoms with Crippen LogP contribution < -0.4 is 10.1 Å². The number of nitrogens with zero attached hydrogens (tertiary/aromatic N) is 2. The van der Waals surface area contributed by atoms with Crippen LogP contribution in [0.4, 0.5) is 11.6 Å². The number of hydrogen-bond acceptors (Lipinski definition) is 5. The normalized spacial score (nSPS) is 10.2. The zero-order chi connectivity index (χ0) is 13.8. The highest BCUT2D eigenvalue weighted by Gasteiger charge is 2.03. The summed E-state index contributed by atoms with van der Waals surface area (Å²) in [5, 5.41) is 7.29. The first-order chi connectivity index (χ1) is 9.85. The summed E-state index contributed by atoms with van der Waals surface area (Å²) in [4.78, 5) is 8.74. The largest absolute Gasteiger partial charge is 0.497 e. The van der Waals surface area contributed by atoms with Crippen LogP contribution in [-0.4, -0.2) is 17.1 Å². The van der Waals surface area contributed by atoms with E-state index in [9.17, 15) is 0 Å². The Morgan fingerprint density at radius 1 is 1.10 bits per heavy atom. The molecule has 0 amide bonds. The van der Waals surface area contributed by atoms with E-state index in [4.69, 9.17) is 4.74 Å².